The first kappa shape index (κ1) is 19.6. The van der Waals surface area contributed by atoms with Crippen molar-refractivity contribution in [3.8, 4) is 0 Å². The Balaban J connectivity index is 2.13. The minimum Gasteiger partial charge on any atom is -0.309 e. The number of benzene rings is 2. The molecule has 0 fully saturated rings. The highest BCUT2D eigenvalue weighted by Crippen LogP contribution is 2.18. The molecule has 4 nitrogen and oxygen atoms in total. The highest BCUT2D eigenvalue weighted by atomic mass is 32.2. The molecule has 0 amide bonds. The summed E-state index contributed by atoms with van der Waals surface area (Å²) in [4.78, 5) is 0.272. The molecule has 0 spiro atoms. The van der Waals surface area contributed by atoms with Crippen molar-refractivity contribution < 1.29 is 12.8 Å². The smallest absolute Gasteiger partial charge is 0.241 e. The van der Waals surface area contributed by atoms with E-state index >= 15 is 0 Å². The van der Waals surface area contributed by atoms with Gasteiger partial charge >= 0.3 is 0 Å². The number of rotatable bonds is 6. The maximum absolute atomic E-state index is 13.2. The molecule has 0 radical (unpaired) electrons. The lowest BCUT2D eigenvalue weighted by atomic mass is 10.1. The average molecular weight is 364 g/mol. The number of sulfonamides is 1. The summed E-state index contributed by atoms with van der Waals surface area (Å²) in [5.41, 5.74) is 1.99. The standard InChI is InChI=1S/C19H25FN2O2S/c1-14-11-17(20)10-9-15(14)12-21-13-16-7-5-6-8-18(16)25(23,24)22-19(2,3)4/h5-11,21-22H,12-13H2,1-4H3. The first-order chi connectivity index (χ1) is 11.6. The van der Waals surface area contributed by atoms with Crippen molar-refractivity contribution in [1.29, 1.82) is 0 Å². The van der Waals surface area contributed by atoms with Crippen molar-refractivity contribution >= 4 is 10.0 Å². The van der Waals surface area contributed by atoms with Gasteiger partial charge in [0.2, 0.25) is 10.0 Å². The molecule has 0 aliphatic heterocycles. The Morgan fingerprint density at radius 2 is 1.64 bits per heavy atom. The monoisotopic (exact) mass is 364 g/mol. The molecule has 6 heteroatoms. The molecule has 2 rings (SSSR count). The molecule has 136 valence electrons. The molecule has 0 bridgehead atoms. The van der Waals surface area contributed by atoms with Gasteiger partial charge in [0.15, 0.2) is 0 Å². The van der Waals surface area contributed by atoms with Crippen molar-refractivity contribution in [3.63, 3.8) is 0 Å². The molecule has 2 aromatic carbocycles. The second kappa shape index (κ2) is 7.64. The normalized spacial score (nSPS) is 12.4. The minimum atomic E-state index is -3.60. The van der Waals surface area contributed by atoms with Crippen LogP contribution in [0, 0.1) is 12.7 Å². The van der Waals surface area contributed by atoms with E-state index in [9.17, 15) is 12.8 Å². The number of hydrogen-bond donors (Lipinski definition) is 2. The molecule has 0 aliphatic carbocycles. The van der Waals surface area contributed by atoms with E-state index in [1.165, 1.54) is 12.1 Å². The number of halogens is 1. The largest absolute Gasteiger partial charge is 0.309 e. The lowest BCUT2D eigenvalue weighted by Gasteiger charge is -2.21. The lowest BCUT2D eigenvalue weighted by Crippen LogP contribution is -2.40. The molecule has 0 saturated carbocycles. The lowest BCUT2D eigenvalue weighted by molar-refractivity contribution is 0.490. The maximum Gasteiger partial charge on any atom is 0.241 e. The van der Waals surface area contributed by atoms with E-state index in [1.807, 2.05) is 33.8 Å². The highest BCUT2D eigenvalue weighted by molar-refractivity contribution is 7.89. The van der Waals surface area contributed by atoms with E-state index in [4.69, 9.17) is 0 Å². The third kappa shape index (κ3) is 5.63. The van der Waals surface area contributed by atoms with E-state index in [0.717, 1.165) is 11.1 Å². The van der Waals surface area contributed by atoms with Crippen LogP contribution in [0.2, 0.25) is 0 Å². The Bertz CT molecular complexity index is 843. The van der Waals surface area contributed by atoms with Crippen molar-refractivity contribution in [2.45, 2.75) is 51.2 Å². The summed E-state index contributed by atoms with van der Waals surface area (Å²) in [6.07, 6.45) is 0. The van der Waals surface area contributed by atoms with Gasteiger partial charge in [0.05, 0.1) is 4.90 Å². The van der Waals surface area contributed by atoms with Crippen LogP contribution in [0.5, 0.6) is 0 Å². The summed E-state index contributed by atoms with van der Waals surface area (Å²) >= 11 is 0. The van der Waals surface area contributed by atoms with Crippen LogP contribution in [-0.2, 0) is 23.1 Å². The Kier molecular flexibility index (Phi) is 5.98. The Labute approximate surface area is 149 Å². The first-order valence-electron chi connectivity index (χ1n) is 8.16. The zero-order chi connectivity index (χ0) is 18.7. The summed E-state index contributed by atoms with van der Waals surface area (Å²) in [5.74, 6) is -0.258. The van der Waals surface area contributed by atoms with Crippen LogP contribution in [0.1, 0.15) is 37.5 Å². The van der Waals surface area contributed by atoms with Crippen LogP contribution >= 0.6 is 0 Å². The zero-order valence-electron chi connectivity index (χ0n) is 15.1. The highest BCUT2D eigenvalue weighted by Gasteiger charge is 2.24. The van der Waals surface area contributed by atoms with E-state index in [2.05, 4.69) is 10.0 Å². The SMILES string of the molecule is Cc1cc(F)ccc1CNCc1ccccc1S(=O)(=O)NC(C)(C)C. The van der Waals surface area contributed by atoms with Crippen LogP contribution in [-0.4, -0.2) is 14.0 Å². The van der Waals surface area contributed by atoms with Crippen LogP contribution in [0.3, 0.4) is 0 Å². The van der Waals surface area contributed by atoms with Gasteiger partial charge in [0.1, 0.15) is 5.82 Å². The molecule has 0 aliphatic rings. The summed E-state index contributed by atoms with van der Waals surface area (Å²) in [6.45, 7) is 8.21. The van der Waals surface area contributed by atoms with Crippen LogP contribution in [0.4, 0.5) is 4.39 Å². The van der Waals surface area contributed by atoms with Gasteiger partial charge in [-0.25, -0.2) is 17.5 Å². The van der Waals surface area contributed by atoms with Crippen LogP contribution < -0.4 is 10.0 Å². The first-order valence-corrected chi connectivity index (χ1v) is 9.64. The van der Waals surface area contributed by atoms with E-state index in [1.54, 1.807) is 24.3 Å². The molecule has 0 atom stereocenters. The number of hydrogen-bond acceptors (Lipinski definition) is 3. The van der Waals surface area contributed by atoms with Gasteiger partial charge in [-0.1, -0.05) is 24.3 Å². The number of nitrogens with one attached hydrogen (secondary N) is 2. The predicted molar refractivity (Wildman–Crippen MR) is 98.2 cm³/mol. The fraction of sp³-hybridized carbons (Fsp3) is 0.368. The van der Waals surface area contributed by atoms with Crippen molar-refractivity contribution in [3.05, 3.63) is 65.0 Å². The fourth-order valence-electron chi connectivity index (χ4n) is 2.56. The predicted octanol–water partition coefficient (Wildman–Crippen LogP) is 3.50. The fourth-order valence-corrected chi connectivity index (χ4v) is 4.22. The van der Waals surface area contributed by atoms with Gasteiger partial charge in [-0.3, -0.25) is 0 Å². The number of aryl methyl sites for hydroxylation is 1. The van der Waals surface area contributed by atoms with Gasteiger partial charge in [-0.05, 0) is 62.6 Å². The quantitative estimate of drug-likeness (QED) is 0.825. The molecule has 0 heterocycles. The average Bonchev–Trinajstić information content (AvgIpc) is 2.47. The van der Waals surface area contributed by atoms with Crippen molar-refractivity contribution in [2.75, 3.05) is 0 Å². The van der Waals surface area contributed by atoms with Crippen LogP contribution in [0.15, 0.2) is 47.4 Å². The topological polar surface area (TPSA) is 58.2 Å². The van der Waals surface area contributed by atoms with E-state index in [-0.39, 0.29) is 10.7 Å². The second-order valence-electron chi connectivity index (χ2n) is 7.14. The second-order valence-corrected chi connectivity index (χ2v) is 8.79. The molecule has 0 saturated heterocycles. The van der Waals surface area contributed by atoms with Gasteiger partial charge in [-0.2, -0.15) is 0 Å². The molecule has 0 aromatic heterocycles. The molecule has 25 heavy (non-hydrogen) atoms. The van der Waals surface area contributed by atoms with Gasteiger partial charge < -0.3 is 5.32 Å². The Morgan fingerprint density at radius 3 is 2.28 bits per heavy atom. The van der Waals surface area contributed by atoms with Gasteiger partial charge in [0, 0.05) is 18.6 Å². The summed E-state index contributed by atoms with van der Waals surface area (Å²) in [6, 6.07) is 11.6. The van der Waals surface area contributed by atoms with Crippen molar-refractivity contribution in [1.82, 2.24) is 10.0 Å². The molecule has 2 N–H and O–H groups in total. The van der Waals surface area contributed by atoms with Crippen LogP contribution in [0.25, 0.3) is 0 Å². The maximum atomic E-state index is 13.2. The Morgan fingerprint density at radius 1 is 1.00 bits per heavy atom. The summed E-state index contributed by atoms with van der Waals surface area (Å²) in [7, 11) is -3.60. The van der Waals surface area contributed by atoms with Gasteiger partial charge in [0.25, 0.3) is 0 Å². The molecule has 2 aromatic rings. The minimum absolute atomic E-state index is 0.258. The van der Waals surface area contributed by atoms with E-state index < -0.39 is 15.6 Å². The Hall–Kier alpha value is -1.76. The van der Waals surface area contributed by atoms with Gasteiger partial charge in [-0.15, -0.1) is 0 Å². The molecular formula is C19H25FN2O2S. The van der Waals surface area contributed by atoms with E-state index in [0.29, 0.717) is 18.7 Å². The van der Waals surface area contributed by atoms with Crippen molar-refractivity contribution in [2.24, 2.45) is 0 Å². The summed E-state index contributed by atoms with van der Waals surface area (Å²) < 4.78 is 41.1. The third-order valence-electron chi connectivity index (χ3n) is 3.64. The third-order valence-corrected chi connectivity index (χ3v) is 5.50. The summed E-state index contributed by atoms with van der Waals surface area (Å²) in [5, 5.41) is 3.24. The molecular weight excluding hydrogens is 339 g/mol. The molecule has 0 unspecified atom stereocenters. The zero-order valence-corrected chi connectivity index (χ0v) is 15.9.